The molecule has 19 heavy (non-hydrogen) atoms. The Morgan fingerprint density at radius 1 is 1.53 bits per heavy atom. The predicted molar refractivity (Wildman–Crippen MR) is 77.9 cm³/mol. The lowest BCUT2D eigenvalue weighted by molar-refractivity contribution is -0.131. The Kier molecular flexibility index (Phi) is 3.18. The molecule has 2 heterocycles. The van der Waals surface area contributed by atoms with Gasteiger partial charge in [0, 0.05) is 6.54 Å². The molecule has 4 heteroatoms. The fourth-order valence-corrected chi connectivity index (χ4v) is 3.45. The van der Waals surface area contributed by atoms with Crippen LogP contribution < -0.4 is 5.32 Å². The molecule has 1 aromatic heterocycles. The van der Waals surface area contributed by atoms with Crippen LogP contribution >= 0.6 is 11.3 Å². The van der Waals surface area contributed by atoms with E-state index in [4.69, 9.17) is 0 Å². The molecule has 0 aromatic carbocycles. The molecule has 1 amide bonds. The molecule has 104 valence electrons. The molecule has 0 spiro atoms. The number of carbonyl (C=O) groups is 1. The van der Waals surface area contributed by atoms with Gasteiger partial charge in [-0.2, -0.15) is 11.3 Å². The van der Waals surface area contributed by atoms with Crippen LogP contribution in [0.1, 0.15) is 45.3 Å². The topological polar surface area (TPSA) is 32.3 Å². The summed E-state index contributed by atoms with van der Waals surface area (Å²) in [5, 5.41) is 7.76. The Labute approximate surface area is 119 Å². The molecule has 1 N–H and O–H groups in total. The number of nitrogens with one attached hydrogen (secondary N) is 1. The van der Waals surface area contributed by atoms with Gasteiger partial charge in [-0.3, -0.25) is 10.1 Å². The minimum Gasteiger partial charge on any atom is -0.321 e. The van der Waals surface area contributed by atoms with Gasteiger partial charge in [0.15, 0.2) is 0 Å². The highest BCUT2D eigenvalue weighted by molar-refractivity contribution is 7.07. The van der Waals surface area contributed by atoms with Crippen molar-refractivity contribution in [3.05, 3.63) is 22.4 Å². The number of thiophene rings is 1. The summed E-state index contributed by atoms with van der Waals surface area (Å²) in [7, 11) is 0. The Hall–Kier alpha value is -0.870. The van der Waals surface area contributed by atoms with Gasteiger partial charge in [0.2, 0.25) is 5.91 Å². The summed E-state index contributed by atoms with van der Waals surface area (Å²) in [6.07, 6.45) is 2.57. The Balaban J connectivity index is 1.85. The molecule has 1 saturated heterocycles. The SMILES string of the molecule is CC(C)C1NC(c2ccsc2)N(CC2(C)CC2)C1=O. The van der Waals surface area contributed by atoms with Gasteiger partial charge in [-0.1, -0.05) is 20.8 Å². The average molecular weight is 278 g/mol. The molecule has 1 aliphatic heterocycles. The number of carbonyl (C=O) groups excluding carboxylic acids is 1. The molecule has 2 fully saturated rings. The van der Waals surface area contributed by atoms with Crippen molar-refractivity contribution in [2.24, 2.45) is 11.3 Å². The van der Waals surface area contributed by atoms with Gasteiger partial charge < -0.3 is 4.90 Å². The van der Waals surface area contributed by atoms with Crippen LogP contribution in [0.4, 0.5) is 0 Å². The lowest BCUT2D eigenvalue weighted by Crippen LogP contribution is -2.36. The predicted octanol–water partition coefficient (Wildman–Crippen LogP) is 3.00. The third-order valence-corrected chi connectivity index (χ3v) is 5.08. The summed E-state index contributed by atoms with van der Waals surface area (Å²) in [6.45, 7) is 7.40. The monoisotopic (exact) mass is 278 g/mol. The van der Waals surface area contributed by atoms with Gasteiger partial charge in [0.25, 0.3) is 0 Å². The molecule has 0 radical (unpaired) electrons. The molecule has 1 aromatic rings. The van der Waals surface area contributed by atoms with Gasteiger partial charge in [0.1, 0.15) is 6.17 Å². The fraction of sp³-hybridized carbons (Fsp3) is 0.667. The number of rotatable bonds is 4. The van der Waals surface area contributed by atoms with Crippen molar-refractivity contribution in [1.82, 2.24) is 10.2 Å². The first-order chi connectivity index (χ1) is 9.00. The van der Waals surface area contributed by atoms with E-state index in [1.807, 2.05) is 0 Å². The fourth-order valence-electron chi connectivity index (χ4n) is 2.77. The van der Waals surface area contributed by atoms with Crippen molar-refractivity contribution < 1.29 is 4.79 Å². The molecule has 3 nitrogen and oxygen atoms in total. The van der Waals surface area contributed by atoms with Gasteiger partial charge >= 0.3 is 0 Å². The van der Waals surface area contributed by atoms with Crippen LogP contribution in [0.5, 0.6) is 0 Å². The van der Waals surface area contributed by atoms with E-state index >= 15 is 0 Å². The second-order valence-corrected chi connectivity index (χ2v) is 7.40. The second-order valence-electron chi connectivity index (χ2n) is 6.62. The number of nitrogens with zero attached hydrogens (tertiary/aromatic N) is 1. The van der Waals surface area contributed by atoms with Gasteiger partial charge in [-0.05, 0) is 46.6 Å². The van der Waals surface area contributed by atoms with E-state index in [-0.39, 0.29) is 18.1 Å². The summed E-state index contributed by atoms with van der Waals surface area (Å²) in [6, 6.07) is 2.09. The van der Waals surface area contributed by atoms with Crippen molar-refractivity contribution in [3.8, 4) is 0 Å². The zero-order chi connectivity index (χ0) is 13.6. The van der Waals surface area contributed by atoms with E-state index < -0.39 is 0 Å². The van der Waals surface area contributed by atoms with Gasteiger partial charge in [-0.15, -0.1) is 0 Å². The maximum absolute atomic E-state index is 12.6. The number of hydrogen-bond donors (Lipinski definition) is 1. The molecular formula is C15H22N2OS. The van der Waals surface area contributed by atoms with Crippen LogP contribution in [0.25, 0.3) is 0 Å². The van der Waals surface area contributed by atoms with E-state index in [0.29, 0.717) is 11.3 Å². The molecule has 1 aliphatic carbocycles. The molecular weight excluding hydrogens is 256 g/mol. The van der Waals surface area contributed by atoms with Crippen LogP contribution in [0, 0.1) is 11.3 Å². The standard InChI is InChI=1S/C15H22N2OS/c1-10(2)12-14(18)17(9-15(3)5-6-15)13(16-12)11-4-7-19-8-11/h4,7-8,10,12-13,16H,5-6,9H2,1-3H3. The van der Waals surface area contributed by atoms with E-state index in [9.17, 15) is 4.79 Å². The first-order valence-corrected chi connectivity index (χ1v) is 8.03. The van der Waals surface area contributed by atoms with Crippen molar-refractivity contribution in [2.75, 3.05) is 6.54 Å². The number of hydrogen-bond acceptors (Lipinski definition) is 3. The summed E-state index contributed by atoms with van der Waals surface area (Å²) >= 11 is 1.69. The van der Waals surface area contributed by atoms with Crippen molar-refractivity contribution in [1.29, 1.82) is 0 Å². The average Bonchev–Trinajstić information content (AvgIpc) is 2.80. The Morgan fingerprint density at radius 2 is 2.26 bits per heavy atom. The summed E-state index contributed by atoms with van der Waals surface area (Å²) in [5.74, 6) is 0.616. The minimum absolute atomic E-state index is 0.0350. The molecule has 1 saturated carbocycles. The Bertz CT molecular complexity index is 464. The largest absolute Gasteiger partial charge is 0.321 e. The van der Waals surface area contributed by atoms with Crippen molar-refractivity contribution in [3.63, 3.8) is 0 Å². The lowest BCUT2D eigenvalue weighted by atomic mass is 10.0. The molecule has 2 atom stereocenters. The van der Waals surface area contributed by atoms with Crippen LogP contribution in [0.2, 0.25) is 0 Å². The van der Waals surface area contributed by atoms with E-state index in [0.717, 1.165) is 6.54 Å². The van der Waals surface area contributed by atoms with Crippen molar-refractivity contribution >= 4 is 17.2 Å². The van der Waals surface area contributed by atoms with E-state index in [1.165, 1.54) is 18.4 Å². The highest BCUT2D eigenvalue weighted by atomic mass is 32.1. The normalized spacial score (nSPS) is 29.3. The maximum atomic E-state index is 12.6. The first-order valence-electron chi connectivity index (χ1n) is 7.09. The molecule has 2 unspecified atom stereocenters. The summed E-state index contributed by atoms with van der Waals surface area (Å²) in [5.41, 5.74) is 1.59. The van der Waals surface area contributed by atoms with Gasteiger partial charge in [-0.25, -0.2) is 0 Å². The second kappa shape index (κ2) is 4.60. The van der Waals surface area contributed by atoms with Crippen molar-refractivity contribution in [2.45, 2.75) is 45.8 Å². The van der Waals surface area contributed by atoms with E-state index in [1.54, 1.807) is 11.3 Å². The maximum Gasteiger partial charge on any atom is 0.241 e. The lowest BCUT2D eigenvalue weighted by Gasteiger charge is -2.26. The highest BCUT2D eigenvalue weighted by Gasteiger charge is 2.47. The zero-order valence-corrected chi connectivity index (χ0v) is 12.7. The minimum atomic E-state index is -0.0350. The third-order valence-electron chi connectivity index (χ3n) is 4.38. The van der Waals surface area contributed by atoms with Crippen LogP contribution in [0.3, 0.4) is 0 Å². The number of amides is 1. The van der Waals surface area contributed by atoms with E-state index in [2.05, 4.69) is 47.8 Å². The molecule has 2 aliphatic rings. The highest BCUT2D eigenvalue weighted by Crippen LogP contribution is 2.47. The van der Waals surface area contributed by atoms with Crippen LogP contribution in [-0.2, 0) is 4.79 Å². The van der Waals surface area contributed by atoms with Crippen LogP contribution in [0.15, 0.2) is 16.8 Å². The smallest absolute Gasteiger partial charge is 0.241 e. The first kappa shape index (κ1) is 13.1. The molecule has 3 rings (SSSR count). The Morgan fingerprint density at radius 3 is 2.79 bits per heavy atom. The quantitative estimate of drug-likeness (QED) is 0.918. The summed E-state index contributed by atoms with van der Waals surface area (Å²) < 4.78 is 0. The zero-order valence-electron chi connectivity index (χ0n) is 11.8. The summed E-state index contributed by atoms with van der Waals surface area (Å²) in [4.78, 5) is 14.7. The van der Waals surface area contributed by atoms with Crippen LogP contribution in [-0.4, -0.2) is 23.4 Å². The molecule has 0 bridgehead atoms. The van der Waals surface area contributed by atoms with Gasteiger partial charge in [0.05, 0.1) is 6.04 Å². The third kappa shape index (κ3) is 2.43.